The number of hydrogen-bond acceptors (Lipinski definition) is 4. The minimum Gasteiger partial charge on any atom is -0.481 e. The number of pyridine rings is 1. The number of carbonyl (C=O) groups excluding carboxylic acids is 1. The summed E-state index contributed by atoms with van der Waals surface area (Å²) in [5.41, 5.74) is 0.536. The molecule has 1 amide bonds. The van der Waals surface area contributed by atoms with E-state index < -0.39 is 12.0 Å². The number of aliphatic hydroxyl groups excluding tert-OH is 1. The van der Waals surface area contributed by atoms with Crippen LogP contribution in [0.15, 0.2) is 16.7 Å². The highest BCUT2D eigenvalue weighted by molar-refractivity contribution is 9.10. The highest BCUT2D eigenvalue weighted by atomic mass is 79.9. The molecule has 18 heavy (non-hydrogen) atoms. The Morgan fingerprint density at radius 1 is 1.61 bits per heavy atom. The van der Waals surface area contributed by atoms with Crippen molar-refractivity contribution < 1.29 is 14.6 Å². The second-order valence-electron chi connectivity index (χ2n) is 3.87. The molecule has 2 N–H and O–H groups in total. The molecule has 0 radical (unpaired) electrons. The summed E-state index contributed by atoms with van der Waals surface area (Å²) < 4.78 is 5.54. The van der Waals surface area contributed by atoms with E-state index in [2.05, 4.69) is 26.2 Å². The molecule has 5 nitrogen and oxygen atoms in total. The SMILES string of the molecule is CCCC[C@H](O)C(=O)Nc1cc(Br)nc(OC)c1. The first-order valence-corrected chi connectivity index (χ1v) is 6.56. The van der Waals surface area contributed by atoms with Gasteiger partial charge in [-0.15, -0.1) is 0 Å². The summed E-state index contributed by atoms with van der Waals surface area (Å²) in [6.07, 6.45) is 1.24. The Hall–Kier alpha value is -1.14. The minimum atomic E-state index is -0.983. The normalized spacial score (nSPS) is 12.0. The first-order chi connectivity index (χ1) is 8.56. The summed E-state index contributed by atoms with van der Waals surface area (Å²) in [5.74, 6) is -0.0219. The molecule has 0 spiro atoms. The number of ether oxygens (including phenoxy) is 1. The van der Waals surface area contributed by atoms with E-state index in [-0.39, 0.29) is 0 Å². The van der Waals surface area contributed by atoms with Crippen molar-refractivity contribution in [3.8, 4) is 5.88 Å². The predicted octanol–water partition coefficient (Wildman–Crippen LogP) is 2.34. The van der Waals surface area contributed by atoms with Crippen molar-refractivity contribution in [2.45, 2.75) is 32.3 Å². The van der Waals surface area contributed by atoms with E-state index in [4.69, 9.17) is 4.74 Å². The van der Waals surface area contributed by atoms with Gasteiger partial charge in [0.2, 0.25) is 5.88 Å². The van der Waals surface area contributed by atoms with Gasteiger partial charge in [-0.25, -0.2) is 4.98 Å². The van der Waals surface area contributed by atoms with Crippen molar-refractivity contribution in [3.05, 3.63) is 16.7 Å². The van der Waals surface area contributed by atoms with E-state index in [1.165, 1.54) is 7.11 Å². The van der Waals surface area contributed by atoms with Gasteiger partial charge >= 0.3 is 0 Å². The van der Waals surface area contributed by atoms with Crippen LogP contribution in [0.2, 0.25) is 0 Å². The number of carbonyl (C=O) groups is 1. The molecule has 0 fully saturated rings. The zero-order valence-corrected chi connectivity index (χ0v) is 12.0. The Labute approximate surface area is 115 Å². The molecule has 0 aliphatic carbocycles. The zero-order valence-electron chi connectivity index (χ0n) is 10.4. The average Bonchev–Trinajstić information content (AvgIpc) is 2.34. The Bertz CT molecular complexity index is 412. The van der Waals surface area contributed by atoms with Crippen LogP contribution in [-0.4, -0.2) is 29.2 Å². The number of nitrogens with zero attached hydrogens (tertiary/aromatic N) is 1. The molecule has 0 saturated heterocycles. The smallest absolute Gasteiger partial charge is 0.253 e. The van der Waals surface area contributed by atoms with E-state index in [9.17, 15) is 9.90 Å². The number of anilines is 1. The highest BCUT2D eigenvalue weighted by Crippen LogP contribution is 2.20. The Morgan fingerprint density at radius 2 is 2.33 bits per heavy atom. The Morgan fingerprint density at radius 3 is 2.94 bits per heavy atom. The third kappa shape index (κ3) is 4.62. The second-order valence-corrected chi connectivity index (χ2v) is 4.68. The average molecular weight is 317 g/mol. The van der Waals surface area contributed by atoms with Crippen LogP contribution in [-0.2, 0) is 4.79 Å². The molecule has 1 atom stereocenters. The maximum atomic E-state index is 11.7. The monoisotopic (exact) mass is 316 g/mol. The summed E-state index contributed by atoms with van der Waals surface area (Å²) in [6, 6.07) is 3.24. The summed E-state index contributed by atoms with van der Waals surface area (Å²) in [5, 5.41) is 12.3. The molecule has 1 heterocycles. The Balaban J connectivity index is 2.66. The van der Waals surface area contributed by atoms with Crippen molar-refractivity contribution in [3.63, 3.8) is 0 Å². The number of unbranched alkanes of at least 4 members (excludes halogenated alkanes) is 1. The largest absolute Gasteiger partial charge is 0.481 e. The van der Waals surface area contributed by atoms with Crippen molar-refractivity contribution in [1.82, 2.24) is 4.98 Å². The number of amides is 1. The third-order valence-corrected chi connectivity index (χ3v) is 2.79. The number of aromatic nitrogens is 1. The molecule has 1 rings (SSSR count). The first kappa shape index (κ1) is 14.9. The van der Waals surface area contributed by atoms with Crippen molar-refractivity contribution in [2.24, 2.45) is 0 Å². The summed E-state index contributed by atoms with van der Waals surface area (Å²) >= 11 is 3.22. The lowest BCUT2D eigenvalue weighted by Crippen LogP contribution is -2.27. The zero-order chi connectivity index (χ0) is 13.5. The minimum absolute atomic E-state index is 0.391. The van der Waals surface area contributed by atoms with Gasteiger partial charge in [-0.1, -0.05) is 19.8 Å². The van der Waals surface area contributed by atoms with E-state index in [0.29, 0.717) is 22.6 Å². The lowest BCUT2D eigenvalue weighted by Gasteiger charge is -2.11. The second kappa shape index (κ2) is 7.33. The molecule has 6 heteroatoms. The van der Waals surface area contributed by atoms with Crippen LogP contribution in [0.5, 0.6) is 5.88 Å². The van der Waals surface area contributed by atoms with Crippen LogP contribution in [0, 0.1) is 0 Å². The predicted molar refractivity (Wildman–Crippen MR) is 72.7 cm³/mol. The molecule has 0 saturated carbocycles. The number of rotatable bonds is 6. The third-order valence-electron chi connectivity index (χ3n) is 2.38. The topological polar surface area (TPSA) is 71.5 Å². The molecule has 1 aromatic rings. The Kier molecular flexibility index (Phi) is 6.07. The van der Waals surface area contributed by atoms with Crippen LogP contribution < -0.4 is 10.1 Å². The molecule has 100 valence electrons. The van der Waals surface area contributed by atoms with Crippen LogP contribution in [0.1, 0.15) is 26.2 Å². The fourth-order valence-electron chi connectivity index (χ4n) is 1.40. The molecule has 0 aromatic carbocycles. The number of nitrogens with one attached hydrogen (secondary N) is 1. The summed E-state index contributed by atoms with van der Waals surface area (Å²) in [4.78, 5) is 15.7. The van der Waals surface area contributed by atoms with Crippen LogP contribution in [0.4, 0.5) is 5.69 Å². The number of hydrogen-bond donors (Lipinski definition) is 2. The van der Waals surface area contributed by atoms with Crippen LogP contribution in [0.25, 0.3) is 0 Å². The fraction of sp³-hybridized carbons (Fsp3) is 0.500. The number of halogens is 1. The fourth-order valence-corrected chi connectivity index (χ4v) is 1.83. The van der Waals surface area contributed by atoms with Gasteiger partial charge in [0.1, 0.15) is 10.7 Å². The summed E-state index contributed by atoms with van der Waals surface area (Å²) in [6.45, 7) is 2.01. The van der Waals surface area contributed by atoms with Gasteiger partial charge in [-0.3, -0.25) is 4.79 Å². The van der Waals surface area contributed by atoms with Gasteiger partial charge in [-0.05, 0) is 28.4 Å². The lowest BCUT2D eigenvalue weighted by molar-refractivity contribution is -0.124. The van der Waals surface area contributed by atoms with E-state index in [1.807, 2.05) is 6.92 Å². The standard InChI is InChI=1S/C12H17BrN2O3/c1-3-4-5-9(16)12(17)14-8-6-10(13)15-11(7-8)18-2/h6-7,9,16H,3-5H2,1-2H3,(H,14,15,17)/t9-/m0/s1. The van der Waals surface area contributed by atoms with Crippen LogP contribution >= 0.6 is 15.9 Å². The van der Waals surface area contributed by atoms with Crippen molar-refractivity contribution in [1.29, 1.82) is 0 Å². The van der Waals surface area contributed by atoms with Crippen molar-refractivity contribution >= 4 is 27.5 Å². The van der Waals surface area contributed by atoms with Crippen molar-refractivity contribution in [2.75, 3.05) is 12.4 Å². The van der Waals surface area contributed by atoms with Gasteiger partial charge in [-0.2, -0.15) is 0 Å². The van der Waals surface area contributed by atoms with Gasteiger partial charge in [0.15, 0.2) is 0 Å². The molecule has 0 aliphatic heterocycles. The van der Waals surface area contributed by atoms with Gasteiger partial charge in [0.05, 0.1) is 7.11 Å². The number of aliphatic hydroxyl groups is 1. The van der Waals surface area contributed by atoms with Gasteiger partial charge < -0.3 is 15.2 Å². The molecule has 0 bridgehead atoms. The summed E-state index contributed by atoms with van der Waals surface area (Å²) in [7, 11) is 1.50. The molecular weight excluding hydrogens is 300 g/mol. The van der Waals surface area contributed by atoms with Gasteiger partial charge in [0, 0.05) is 11.8 Å². The highest BCUT2D eigenvalue weighted by Gasteiger charge is 2.15. The lowest BCUT2D eigenvalue weighted by atomic mass is 10.1. The number of methoxy groups -OCH3 is 1. The molecule has 0 aliphatic rings. The van der Waals surface area contributed by atoms with Crippen LogP contribution in [0.3, 0.4) is 0 Å². The van der Waals surface area contributed by atoms with Gasteiger partial charge in [0.25, 0.3) is 5.91 Å². The molecular formula is C12H17BrN2O3. The maximum Gasteiger partial charge on any atom is 0.253 e. The first-order valence-electron chi connectivity index (χ1n) is 5.77. The van der Waals surface area contributed by atoms with E-state index in [1.54, 1.807) is 12.1 Å². The quantitative estimate of drug-likeness (QED) is 0.790. The maximum absolute atomic E-state index is 11.7. The molecule has 1 aromatic heterocycles. The van der Waals surface area contributed by atoms with E-state index >= 15 is 0 Å². The van der Waals surface area contributed by atoms with E-state index in [0.717, 1.165) is 12.8 Å². The molecule has 0 unspecified atom stereocenters.